The number of anilines is 3. The van der Waals surface area contributed by atoms with Gasteiger partial charge in [0.05, 0.1) is 16.7 Å². The van der Waals surface area contributed by atoms with Gasteiger partial charge in [0.2, 0.25) is 17.4 Å². The molecule has 0 radical (unpaired) electrons. The fraction of sp³-hybridized carbons (Fsp3) is 0.160. The van der Waals surface area contributed by atoms with Gasteiger partial charge in [-0.1, -0.05) is 0 Å². The van der Waals surface area contributed by atoms with Crippen LogP contribution in [0.2, 0.25) is 0 Å². The molecule has 3 N–H and O–H groups in total. The van der Waals surface area contributed by atoms with Crippen molar-refractivity contribution in [2.45, 2.75) is 0 Å². The number of fused-ring (bicyclic) bond motifs is 2. The van der Waals surface area contributed by atoms with E-state index in [-0.39, 0.29) is 17.3 Å². The van der Waals surface area contributed by atoms with Crippen molar-refractivity contribution in [2.24, 2.45) is 0 Å². The lowest BCUT2D eigenvalue weighted by Gasteiger charge is -2.13. The van der Waals surface area contributed by atoms with Gasteiger partial charge < -0.3 is 25.3 Å². The second kappa shape index (κ2) is 9.69. The number of aromatic amines is 1. The number of nitrogens with one attached hydrogen (secondary N) is 3. The molecule has 5 aromatic rings. The van der Waals surface area contributed by atoms with Crippen molar-refractivity contribution in [3.63, 3.8) is 0 Å². The highest BCUT2D eigenvalue weighted by atomic mass is 32.1. The molecule has 0 bridgehead atoms. The van der Waals surface area contributed by atoms with E-state index in [1.54, 1.807) is 24.3 Å². The molecule has 2 aromatic carbocycles. The first-order valence-electron chi connectivity index (χ1n) is 11.0. The molecule has 0 aliphatic heterocycles. The van der Waals surface area contributed by atoms with E-state index in [0.717, 1.165) is 16.6 Å². The Morgan fingerprint density at radius 1 is 1.09 bits per heavy atom. The van der Waals surface area contributed by atoms with Crippen LogP contribution in [-0.4, -0.2) is 47.0 Å². The Hall–Kier alpha value is -4.02. The van der Waals surface area contributed by atoms with Gasteiger partial charge in [-0.15, -0.1) is 11.3 Å². The quantitative estimate of drug-likeness (QED) is 0.276. The predicted molar refractivity (Wildman–Crippen MR) is 139 cm³/mol. The molecular formula is C25H23FN6O2S. The molecule has 178 valence electrons. The number of hydrogen-bond donors (Lipinski definition) is 3. The van der Waals surface area contributed by atoms with E-state index >= 15 is 0 Å². The normalized spacial score (nSPS) is 11.3. The first-order chi connectivity index (χ1) is 16.9. The van der Waals surface area contributed by atoms with Gasteiger partial charge in [0, 0.05) is 30.9 Å². The number of nitrogens with zero attached hydrogens (tertiary/aromatic N) is 3. The van der Waals surface area contributed by atoms with E-state index in [1.807, 2.05) is 42.6 Å². The number of pyridine rings is 1. The van der Waals surface area contributed by atoms with Crippen molar-refractivity contribution < 1.29 is 9.13 Å². The van der Waals surface area contributed by atoms with Crippen LogP contribution in [0.1, 0.15) is 0 Å². The lowest BCUT2D eigenvalue weighted by Crippen LogP contribution is -2.21. The summed E-state index contributed by atoms with van der Waals surface area (Å²) in [5.74, 6) is 0.810. The van der Waals surface area contributed by atoms with Crippen molar-refractivity contribution >= 4 is 49.8 Å². The van der Waals surface area contributed by atoms with Crippen LogP contribution in [0.15, 0.2) is 64.8 Å². The number of benzene rings is 2. The number of thiophene rings is 1. The van der Waals surface area contributed by atoms with E-state index in [0.29, 0.717) is 40.6 Å². The zero-order chi connectivity index (χ0) is 24.4. The molecule has 0 saturated heterocycles. The fourth-order valence-corrected chi connectivity index (χ4v) is 4.30. The van der Waals surface area contributed by atoms with Gasteiger partial charge in [0.15, 0.2) is 0 Å². The summed E-state index contributed by atoms with van der Waals surface area (Å²) >= 11 is 1.46. The molecule has 0 atom stereocenters. The van der Waals surface area contributed by atoms with E-state index in [2.05, 4.69) is 25.6 Å². The highest BCUT2D eigenvalue weighted by molar-refractivity contribution is 7.17. The smallest absolute Gasteiger partial charge is 0.248 e. The highest BCUT2D eigenvalue weighted by Gasteiger charge is 2.13. The largest absolute Gasteiger partial charge is 0.437 e. The Balaban J connectivity index is 1.40. The van der Waals surface area contributed by atoms with E-state index in [1.165, 1.54) is 23.5 Å². The third-order valence-electron chi connectivity index (χ3n) is 5.28. The first-order valence-corrected chi connectivity index (χ1v) is 11.8. The molecule has 3 heterocycles. The second-order valence-corrected chi connectivity index (χ2v) is 9.13. The molecule has 0 aliphatic carbocycles. The Morgan fingerprint density at radius 3 is 2.77 bits per heavy atom. The van der Waals surface area contributed by atoms with Gasteiger partial charge in [-0.05, 0) is 67.3 Å². The van der Waals surface area contributed by atoms with Crippen molar-refractivity contribution in [2.75, 3.05) is 37.8 Å². The summed E-state index contributed by atoms with van der Waals surface area (Å²) < 4.78 is 21.5. The summed E-state index contributed by atoms with van der Waals surface area (Å²) in [6, 6.07) is 15.4. The minimum absolute atomic E-state index is 0.185. The zero-order valence-corrected chi connectivity index (χ0v) is 19.9. The number of rotatable bonds is 8. The van der Waals surface area contributed by atoms with Gasteiger partial charge in [-0.25, -0.2) is 9.37 Å². The Bertz CT molecular complexity index is 1570. The third-order valence-corrected chi connectivity index (χ3v) is 6.18. The van der Waals surface area contributed by atoms with Crippen molar-refractivity contribution in [3.8, 4) is 11.6 Å². The molecule has 0 amide bonds. The Kier molecular flexibility index (Phi) is 6.30. The van der Waals surface area contributed by atoms with Crippen LogP contribution >= 0.6 is 11.3 Å². The first kappa shape index (κ1) is 22.8. The van der Waals surface area contributed by atoms with Crippen LogP contribution < -0.4 is 20.9 Å². The van der Waals surface area contributed by atoms with Crippen LogP contribution in [0.5, 0.6) is 11.6 Å². The van der Waals surface area contributed by atoms with Crippen molar-refractivity contribution in [1.82, 2.24) is 19.9 Å². The van der Waals surface area contributed by atoms with E-state index in [9.17, 15) is 9.18 Å². The standard InChI is InChI=1S/C25H23FN6O2S/c1-32(2)11-10-27-19-7-5-16(13-18(19)26)28-25-30-20-9-12-35-23(20)24(31-25)34-17-6-3-15-4-8-22(33)29-21(15)14-17/h3-9,12-14,27H,10-11H2,1-2H3,(H,29,33)(H,28,30,31). The van der Waals surface area contributed by atoms with Crippen LogP contribution in [0.4, 0.5) is 21.7 Å². The Morgan fingerprint density at radius 2 is 1.94 bits per heavy atom. The summed E-state index contributed by atoms with van der Waals surface area (Å²) in [7, 11) is 3.93. The molecule has 0 aliphatic rings. The minimum Gasteiger partial charge on any atom is -0.437 e. The molecular weight excluding hydrogens is 467 g/mol. The average molecular weight is 491 g/mol. The summed E-state index contributed by atoms with van der Waals surface area (Å²) in [6.45, 7) is 1.43. The van der Waals surface area contributed by atoms with Crippen LogP contribution in [0.3, 0.4) is 0 Å². The number of aromatic nitrogens is 3. The summed E-state index contributed by atoms with van der Waals surface area (Å²) in [4.78, 5) is 25.6. The van der Waals surface area contributed by atoms with Crippen molar-refractivity contribution in [3.05, 3.63) is 76.1 Å². The SMILES string of the molecule is CN(C)CCNc1ccc(Nc2nc(Oc3ccc4ccc(=O)[nH]c4c3)c3sccc3n2)cc1F. The number of halogens is 1. The molecule has 3 aromatic heterocycles. The lowest BCUT2D eigenvalue weighted by molar-refractivity contribution is 0.425. The van der Waals surface area contributed by atoms with Crippen LogP contribution in [-0.2, 0) is 0 Å². The third kappa shape index (κ3) is 5.23. The molecule has 8 nitrogen and oxygen atoms in total. The molecule has 35 heavy (non-hydrogen) atoms. The fourth-order valence-electron chi connectivity index (χ4n) is 3.55. The molecule has 0 spiro atoms. The second-order valence-electron chi connectivity index (χ2n) is 8.21. The van der Waals surface area contributed by atoms with Gasteiger partial charge >= 0.3 is 0 Å². The number of likely N-dealkylation sites (N-methyl/N-ethyl adjacent to an activating group) is 1. The van der Waals surface area contributed by atoms with Crippen molar-refractivity contribution in [1.29, 1.82) is 0 Å². The van der Waals surface area contributed by atoms with E-state index in [4.69, 9.17) is 4.74 Å². The van der Waals surface area contributed by atoms with Crippen LogP contribution in [0, 0.1) is 5.82 Å². The maximum absolute atomic E-state index is 14.6. The molecule has 0 unspecified atom stereocenters. The van der Waals surface area contributed by atoms with Gasteiger partial charge in [0.25, 0.3) is 0 Å². The summed E-state index contributed by atoms with van der Waals surface area (Å²) in [5.41, 5.74) is 2.14. The minimum atomic E-state index is -0.369. The van der Waals surface area contributed by atoms with Crippen LogP contribution in [0.25, 0.3) is 21.1 Å². The molecule has 0 saturated carbocycles. The Labute approximate surface area is 204 Å². The molecule has 5 rings (SSSR count). The monoisotopic (exact) mass is 490 g/mol. The summed E-state index contributed by atoms with van der Waals surface area (Å²) in [6.07, 6.45) is 0. The lowest BCUT2D eigenvalue weighted by atomic mass is 10.2. The topological polar surface area (TPSA) is 95.2 Å². The highest BCUT2D eigenvalue weighted by Crippen LogP contribution is 2.34. The number of ether oxygens (including phenoxy) is 1. The summed E-state index contributed by atoms with van der Waals surface area (Å²) in [5, 5.41) is 8.96. The predicted octanol–water partition coefficient (Wildman–Crippen LogP) is 5.18. The number of hydrogen-bond acceptors (Lipinski definition) is 8. The molecule has 10 heteroatoms. The zero-order valence-electron chi connectivity index (χ0n) is 19.1. The van der Waals surface area contributed by atoms with E-state index < -0.39 is 0 Å². The molecule has 0 fully saturated rings. The van der Waals surface area contributed by atoms with Gasteiger partial charge in [-0.2, -0.15) is 4.98 Å². The van der Waals surface area contributed by atoms with Gasteiger partial charge in [0.1, 0.15) is 16.3 Å². The maximum Gasteiger partial charge on any atom is 0.248 e. The maximum atomic E-state index is 14.6. The number of H-pyrrole nitrogens is 1. The average Bonchev–Trinajstić information content (AvgIpc) is 3.29. The van der Waals surface area contributed by atoms with Gasteiger partial charge in [-0.3, -0.25) is 4.79 Å².